The molecule has 0 aliphatic heterocycles. The van der Waals surface area contributed by atoms with Crippen molar-refractivity contribution in [1.29, 1.82) is 0 Å². The van der Waals surface area contributed by atoms with E-state index in [1.165, 1.54) is 46.2 Å². The van der Waals surface area contributed by atoms with Crippen molar-refractivity contribution < 1.29 is 0 Å². The van der Waals surface area contributed by atoms with Crippen LogP contribution in [0.3, 0.4) is 0 Å². The number of hydrogen-bond donors (Lipinski definition) is 6. The lowest BCUT2D eigenvalue weighted by atomic mass is 9.73. The van der Waals surface area contributed by atoms with E-state index >= 15 is 0 Å². The number of aryl methyl sites for hydroxylation is 4. The van der Waals surface area contributed by atoms with Crippen LogP contribution < -0.4 is 34.4 Å². The average molecular weight is 841 g/mol. The minimum Gasteiger partial charge on any atom is -0.326 e. The Hall–Kier alpha value is -4.14. The zero-order valence-electron chi connectivity index (χ0n) is 39.2. The number of rotatable bonds is 29. The Balaban J connectivity index is 1.37. The molecule has 3 aromatic rings. The molecule has 0 heterocycles. The van der Waals surface area contributed by atoms with E-state index in [9.17, 15) is 0 Å². The number of unbranched alkanes of at least 4 members (excludes halogenated alkanes) is 2. The van der Waals surface area contributed by atoms with E-state index in [0.717, 1.165) is 93.8 Å². The zero-order valence-corrected chi connectivity index (χ0v) is 39.2. The van der Waals surface area contributed by atoms with Gasteiger partial charge in [0.05, 0.1) is 0 Å². The third kappa shape index (κ3) is 18.3. The van der Waals surface area contributed by atoms with Gasteiger partial charge in [-0.2, -0.15) is 0 Å². The summed E-state index contributed by atoms with van der Waals surface area (Å²) >= 11 is 0. The molecule has 6 nitrogen and oxygen atoms in total. The molecule has 338 valence electrons. The number of benzene rings is 3. The van der Waals surface area contributed by atoms with E-state index in [2.05, 4.69) is 157 Å². The molecule has 62 heavy (non-hydrogen) atoms. The first kappa shape index (κ1) is 52.2. The predicted octanol–water partition coefficient (Wildman–Crippen LogP) is 10.8. The lowest BCUT2D eigenvalue weighted by Crippen LogP contribution is -2.53. The van der Waals surface area contributed by atoms with Crippen molar-refractivity contribution in [3.05, 3.63) is 173 Å². The fourth-order valence-corrected chi connectivity index (χ4v) is 7.93. The van der Waals surface area contributed by atoms with Gasteiger partial charge >= 0.3 is 0 Å². The minimum atomic E-state index is -0.260. The van der Waals surface area contributed by atoms with Gasteiger partial charge in [-0.25, -0.2) is 0 Å². The van der Waals surface area contributed by atoms with Crippen LogP contribution in [0.4, 0.5) is 0 Å². The molecule has 3 rings (SSSR count). The summed E-state index contributed by atoms with van der Waals surface area (Å²) in [7, 11) is 0. The molecule has 6 heteroatoms. The highest BCUT2D eigenvalue weighted by Gasteiger charge is 2.29. The van der Waals surface area contributed by atoms with Crippen molar-refractivity contribution in [1.82, 2.24) is 0 Å². The molecule has 7 unspecified atom stereocenters. The monoisotopic (exact) mass is 841 g/mol. The molecule has 0 aliphatic carbocycles. The first-order chi connectivity index (χ1) is 29.7. The number of allylic oxidation sites excluding steroid dienone is 9. The summed E-state index contributed by atoms with van der Waals surface area (Å²) in [6.07, 6.45) is 28.0. The van der Waals surface area contributed by atoms with Gasteiger partial charge in [0.15, 0.2) is 0 Å². The van der Waals surface area contributed by atoms with E-state index in [1.54, 1.807) is 0 Å². The zero-order chi connectivity index (χ0) is 45.5. The molecule has 3 aromatic carbocycles. The van der Waals surface area contributed by atoms with Crippen LogP contribution in [0.25, 0.3) is 6.08 Å². The second-order valence-corrected chi connectivity index (χ2v) is 18.1. The summed E-state index contributed by atoms with van der Waals surface area (Å²) in [5.74, 6) is 0. The summed E-state index contributed by atoms with van der Waals surface area (Å²) < 4.78 is 0. The molecule has 0 saturated heterocycles. The molecule has 0 radical (unpaired) electrons. The van der Waals surface area contributed by atoms with Crippen LogP contribution in [0.15, 0.2) is 139 Å². The Morgan fingerprint density at radius 3 is 1.76 bits per heavy atom. The van der Waals surface area contributed by atoms with Gasteiger partial charge in [0.25, 0.3) is 0 Å². The van der Waals surface area contributed by atoms with Crippen LogP contribution in [0, 0.1) is 6.92 Å². The maximum atomic E-state index is 6.69. The van der Waals surface area contributed by atoms with Crippen molar-refractivity contribution in [2.75, 3.05) is 0 Å². The van der Waals surface area contributed by atoms with Gasteiger partial charge in [-0.05, 0) is 135 Å². The van der Waals surface area contributed by atoms with Crippen LogP contribution in [-0.4, -0.2) is 36.3 Å². The summed E-state index contributed by atoms with van der Waals surface area (Å²) in [5.41, 5.74) is 50.5. The Kier molecular flexibility index (Phi) is 23.4. The maximum absolute atomic E-state index is 6.69. The molecule has 0 amide bonds. The molecule has 0 spiro atoms. The number of nitrogens with two attached hydrogens (primary N) is 6. The van der Waals surface area contributed by atoms with E-state index in [4.69, 9.17) is 34.4 Å². The topological polar surface area (TPSA) is 156 Å². The molecule has 0 bridgehead atoms. The van der Waals surface area contributed by atoms with Gasteiger partial charge in [0.2, 0.25) is 0 Å². The SMILES string of the molecule is C=CC(/C=C/CC/C=C/c1ccc(CCC(N)C(N)C(N)CCC(C)(CCCC)c2ccc(C)cc2)cc1)=C\C=C(C)C(=C)CCC(N)C(N)C(N)CCc1ccc(CC)cc1. The third-order valence-electron chi connectivity index (χ3n) is 13.0. The lowest BCUT2D eigenvalue weighted by molar-refractivity contribution is 0.330. The maximum Gasteiger partial charge on any atom is 0.0346 e. The standard InChI is InChI=1S/C56H84N6/c1-8-11-39-56(7,49-33-18-41(4)19-34-49)40-38-53(60)55(62)52(59)37-32-48-29-27-46(28-30-48)17-15-13-12-14-16-44(9-2)22-20-42(5)43(6)21-35-50(57)54(61)51(58)36-31-47-25-23-45(10-3)24-26-47/h9,14-20,22-30,33-34,50-55H,2,6,8,10-13,21,31-32,35-40,57-62H2,1,3-5,7H3/b16-14+,17-15+,42-20?,44-22+. The van der Waals surface area contributed by atoms with Crippen molar-refractivity contribution in [2.24, 2.45) is 34.4 Å². The smallest absolute Gasteiger partial charge is 0.0346 e. The Labute approximate surface area is 377 Å². The summed E-state index contributed by atoms with van der Waals surface area (Å²) in [5, 5.41) is 0. The van der Waals surface area contributed by atoms with Gasteiger partial charge in [0.1, 0.15) is 0 Å². The second kappa shape index (κ2) is 27.8. The van der Waals surface area contributed by atoms with E-state index in [1.807, 2.05) is 6.08 Å². The van der Waals surface area contributed by atoms with Gasteiger partial charge in [-0.1, -0.05) is 173 Å². The molecular weight excluding hydrogens is 757 g/mol. The highest BCUT2D eigenvalue weighted by Crippen LogP contribution is 2.35. The molecule has 0 saturated carbocycles. The Bertz CT molecular complexity index is 1870. The second-order valence-electron chi connectivity index (χ2n) is 18.1. The van der Waals surface area contributed by atoms with Gasteiger partial charge in [-0.3, -0.25) is 0 Å². The number of hydrogen-bond acceptors (Lipinski definition) is 6. The van der Waals surface area contributed by atoms with Crippen LogP contribution in [0.5, 0.6) is 0 Å². The molecule has 0 aliphatic rings. The fourth-order valence-electron chi connectivity index (χ4n) is 7.93. The van der Waals surface area contributed by atoms with Crippen molar-refractivity contribution in [2.45, 2.75) is 166 Å². The van der Waals surface area contributed by atoms with Gasteiger partial charge < -0.3 is 34.4 Å². The van der Waals surface area contributed by atoms with E-state index < -0.39 is 0 Å². The summed E-state index contributed by atoms with van der Waals surface area (Å²) in [6.45, 7) is 19.3. The molecule has 0 fully saturated rings. The first-order valence-electron chi connectivity index (χ1n) is 23.5. The largest absolute Gasteiger partial charge is 0.326 e. The lowest BCUT2D eigenvalue weighted by Gasteiger charge is -2.33. The van der Waals surface area contributed by atoms with E-state index in [0.29, 0.717) is 0 Å². The average Bonchev–Trinajstić information content (AvgIpc) is 3.29. The van der Waals surface area contributed by atoms with Crippen LogP contribution >= 0.6 is 0 Å². The minimum absolute atomic E-state index is 0.0878. The predicted molar refractivity (Wildman–Crippen MR) is 272 cm³/mol. The molecule has 7 atom stereocenters. The molecule has 12 N–H and O–H groups in total. The summed E-state index contributed by atoms with van der Waals surface area (Å²) in [6, 6.07) is 25.4. The molecule has 0 aromatic heterocycles. The normalized spacial score (nSPS) is 16.5. The van der Waals surface area contributed by atoms with Crippen LogP contribution in [0.2, 0.25) is 0 Å². The Morgan fingerprint density at radius 2 is 1.19 bits per heavy atom. The van der Waals surface area contributed by atoms with Crippen LogP contribution in [-0.2, 0) is 24.7 Å². The summed E-state index contributed by atoms with van der Waals surface area (Å²) in [4.78, 5) is 0. The van der Waals surface area contributed by atoms with Gasteiger partial charge in [-0.15, -0.1) is 0 Å². The van der Waals surface area contributed by atoms with Crippen molar-refractivity contribution in [3.63, 3.8) is 0 Å². The van der Waals surface area contributed by atoms with Gasteiger partial charge in [0, 0.05) is 36.3 Å². The first-order valence-corrected chi connectivity index (χ1v) is 23.5. The quantitative estimate of drug-likeness (QED) is 0.0302. The molecular formula is C56H84N6. The highest BCUT2D eigenvalue weighted by molar-refractivity contribution is 5.49. The third-order valence-corrected chi connectivity index (χ3v) is 13.0. The van der Waals surface area contributed by atoms with Crippen molar-refractivity contribution in [3.8, 4) is 0 Å². The van der Waals surface area contributed by atoms with Crippen molar-refractivity contribution >= 4 is 6.08 Å². The fraction of sp³-hybridized carbons (Fsp3) is 0.464. The van der Waals surface area contributed by atoms with E-state index in [-0.39, 0.29) is 41.7 Å². The van der Waals surface area contributed by atoms with Crippen LogP contribution in [0.1, 0.15) is 132 Å². The highest BCUT2D eigenvalue weighted by atomic mass is 14.9. The Morgan fingerprint density at radius 1 is 0.661 bits per heavy atom.